The van der Waals surface area contributed by atoms with Gasteiger partial charge in [0.15, 0.2) is 0 Å². The Kier molecular flexibility index (Phi) is 7.40. The Morgan fingerprint density at radius 2 is 2.15 bits per heavy atom. The normalized spacial score (nSPS) is 18.5. The number of carbonyl (C=O) groups excluding carboxylic acids is 1. The van der Waals surface area contributed by atoms with Crippen LogP contribution >= 0.6 is 0 Å². The number of carbonyl (C=O) groups is 1. The Bertz CT molecular complexity index is 724. The van der Waals surface area contributed by atoms with Gasteiger partial charge < -0.3 is 10.1 Å². The molecule has 1 N–H and O–H groups in total. The summed E-state index contributed by atoms with van der Waals surface area (Å²) in [6.45, 7) is 3.10. The molecule has 0 radical (unpaired) electrons. The van der Waals surface area contributed by atoms with E-state index in [9.17, 15) is 17.6 Å². The molecule has 0 aliphatic carbocycles. The Morgan fingerprint density at radius 3 is 2.85 bits per heavy atom. The van der Waals surface area contributed by atoms with Crippen molar-refractivity contribution in [2.75, 3.05) is 26.7 Å². The number of hydrogen-bond donors (Lipinski definition) is 1. The minimum absolute atomic E-state index is 0.0949. The van der Waals surface area contributed by atoms with Gasteiger partial charge >= 0.3 is 0 Å². The molecule has 6 nitrogen and oxygen atoms in total. The summed E-state index contributed by atoms with van der Waals surface area (Å²) in [6, 6.07) is 3.41. The van der Waals surface area contributed by atoms with Gasteiger partial charge in [0, 0.05) is 19.6 Å². The molecule has 1 amide bonds. The van der Waals surface area contributed by atoms with E-state index in [1.165, 1.54) is 17.5 Å². The number of piperidine rings is 1. The highest BCUT2D eigenvalue weighted by atomic mass is 32.2. The molecule has 26 heavy (non-hydrogen) atoms. The lowest BCUT2D eigenvalue weighted by molar-refractivity contribution is -0.126. The van der Waals surface area contributed by atoms with Gasteiger partial charge in [0.25, 0.3) is 0 Å². The first-order chi connectivity index (χ1) is 12.4. The van der Waals surface area contributed by atoms with E-state index >= 15 is 0 Å². The van der Waals surface area contributed by atoms with E-state index in [-0.39, 0.29) is 29.0 Å². The van der Waals surface area contributed by atoms with E-state index in [1.807, 2.05) is 0 Å². The van der Waals surface area contributed by atoms with Crippen LogP contribution in [-0.4, -0.2) is 45.4 Å². The largest absolute Gasteiger partial charge is 0.495 e. The molecular weight excluding hydrogens is 359 g/mol. The maximum Gasteiger partial charge on any atom is 0.246 e. The number of sulfonamides is 1. The molecule has 0 aromatic heterocycles. The molecule has 1 heterocycles. The zero-order valence-corrected chi connectivity index (χ0v) is 16.1. The molecule has 146 valence electrons. The number of hydrogen-bond acceptors (Lipinski definition) is 4. The minimum Gasteiger partial charge on any atom is -0.495 e. The van der Waals surface area contributed by atoms with Crippen molar-refractivity contribution in [3.8, 4) is 5.75 Å². The summed E-state index contributed by atoms with van der Waals surface area (Å²) in [5, 5.41) is 2.89. The second-order valence-electron chi connectivity index (χ2n) is 6.50. The summed E-state index contributed by atoms with van der Waals surface area (Å²) in [4.78, 5) is 12.1. The van der Waals surface area contributed by atoms with Crippen molar-refractivity contribution < 1.29 is 22.3 Å². The van der Waals surface area contributed by atoms with E-state index < -0.39 is 15.8 Å². The smallest absolute Gasteiger partial charge is 0.246 e. The first-order valence-electron chi connectivity index (χ1n) is 9.01. The third-order valence-electron chi connectivity index (χ3n) is 4.58. The van der Waals surface area contributed by atoms with Crippen LogP contribution in [0.3, 0.4) is 0 Å². The number of nitrogens with zero attached hydrogens (tertiary/aromatic N) is 1. The van der Waals surface area contributed by atoms with E-state index in [2.05, 4.69) is 12.2 Å². The first-order valence-corrected chi connectivity index (χ1v) is 10.5. The molecule has 1 fully saturated rings. The van der Waals surface area contributed by atoms with Gasteiger partial charge in [-0.1, -0.05) is 19.8 Å². The molecule has 2 rings (SSSR count). The summed E-state index contributed by atoms with van der Waals surface area (Å²) < 4.78 is 45.8. The molecule has 0 bridgehead atoms. The predicted octanol–water partition coefficient (Wildman–Crippen LogP) is 2.54. The number of amides is 1. The number of nitrogens with one attached hydrogen (secondary N) is 1. The lowest BCUT2D eigenvalue weighted by atomic mass is 9.99. The highest BCUT2D eigenvalue weighted by molar-refractivity contribution is 7.89. The third-order valence-corrected chi connectivity index (χ3v) is 6.46. The topological polar surface area (TPSA) is 75.7 Å². The maximum absolute atomic E-state index is 13.6. The van der Waals surface area contributed by atoms with Crippen LogP contribution in [-0.2, 0) is 14.8 Å². The highest BCUT2D eigenvalue weighted by Crippen LogP contribution is 2.30. The number of methoxy groups -OCH3 is 1. The summed E-state index contributed by atoms with van der Waals surface area (Å²) in [7, 11) is -2.59. The van der Waals surface area contributed by atoms with Crippen LogP contribution < -0.4 is 10.1 Å². The molecule has 0 unspecified atom stereocenters. The lowest BCUT2D eigenvalue weighted by Crippen LogP contribution is -2.45. The molecule has 0 saturated carbocycles. The van der Waals surface area contributed by atoms with Crippen LogP contribution in [0.25, 0.3) is 0 Å². The molecule has 1 aliphatic rings. The van der Waals surface area contributed by atoms with Crippen LogP contribution in [0.1, 0.15) is 39.0 Å². The van der Waals surface area contributed by atoms with Crippen LogP contribution in [0.4, 0.5) is 4.39 Å². The Hall–Kier alpha value is -1.67. The molecule has 1 atom stereocenters. The van der Waals surface area contributed by atoms with Gasteiger partial charge in [-0.15, -0.1) is 0 Å². The van der Waals surface area contributed by atoms with Gasteiger partial charge in [-0.3, -0.25) is 4.79 Å². The van der Waals surface area contributed by atoms with Crippen molar-refractivity contribution in [2.24, 2.45) is 5.92 Å². The molecule has 1 aromatic carbocycles. The zero-order chi connectivity index (χ0) is 19.2. The number of rotatable bonds is 8. The second kappa shape index (κ2) is 9.32. The number of ether oxygens (including phenoxy) is 1. The van der Waals surface area contributed by atoms with Crippen LogP contribution in [0, 0.1) is 11.7 Å². The van der Waals surface area contributed by atoms with Gasteiger partial charge in [0.1, 0.15) is 16.5 Å². The van der Waals surface area contributed by atoms with Crippen LogP contribution in [0.5, 0.6) is 5.75 Å². The van der Waals surface area contributed by atoms with Crippen molar-refractivity contribution in [1.29, 1.82) is 0 Å². The molecule has 1 saturated heterocycles. The second-order valence-corrected chi connectivity index (χ2v) is 8.40. The van der Waals surface area contributed by atoms with Crippen molar-refractivity contribution in [3.63, 3.8) is 0 Å². The minimum atomic E-state index is -3.93. The zero-order valence-electron chi connectivity index (χ0n) is 15.3. The number of benzene rings is 1. The summed E-state index contributed by atoms with van der Waals surface area (Å²) in [5.41, 5.74) is 0. The van der Waals surface area contributed by atoms with Gasteiger partial charge in [0.05, 0.1) is 13.0 Å². The van der Waals surface area contributed by atoms with Gasteiger partial charge in [-0.2, -0.15) is 4.31 Å². The average Bonchev–Trinajstić information content (AvgIpc) is 2.65. The van der Waals surface area contributed by atoms with E-state index in [4.69, 9.17) is 4.74 Å². The van der Waals surface area contributed by atoms with E-state index in [0.717, 1.165) is 31.4 Å². The Balaban J connectivity index is 2.10. The van der Waals surface area contributed by atoms with Crippen molar-refractivity contribution in [2.45, 2.75) is 43.9 Å². The molecule has 8 heteroatoms. The maximum atomic E-state index is 13.6. The molecule has 1 aliphatic heterocycles. The summed E-state index contributed by atoms with van der Waals surface area (Å²) in [6.07, 6.45) is 4.26. The predicted molar refractivity (Wildman–Crippen MR) is 97.0 cm³/mol. The first kappa shape index (κ1) is 20.6. The van der Waals surface area contributed by atoms with Gasteiger partial charge in [-0.25, -0.2) is 12.8 Å². The van der Waals surface area contributed by atoms with Crippen molar-refractivity contribution in [1.82, 2.24) is 9.62 Å². The fourth-order valence-corrected chi connectivity index (χ4v) is 4.79. The lowest BCUT2D eigenvalue weighted by Gasteiger charge is -2.31. The van der Waals surface area contributed by atoms with Crippen molar-refractivity contribution >= 4 is 15.9 Å². The fourth-order valence-electron chi connectivity index (χ4n) is 3.10. The number of halogens is 1. The molecular formula is C18H27FN2O4S. The third kappa shape index (κ3) is 4.94. The SMILES string of the molecule is CCCCCNC(=O)[C@@H]1CCCN(S(=O)(=O)c2cc(F)ccc2OC)C1. The monoisotopic (exact) mass is 386 g/mol. The Labute approximate surface area is 154 Å². The van der Waals surface area contributed by atoms with Gasteiger partial charge in [0.2, 0.25) is 15.9 Å². The standard InChI is InChI=1S/C18H27FN2O4S/c1-3-4-5-10-20-18(22)14-7-6-11-21(13-14)26(23,24)17-12-15(19)8-9-16(17)25-2/h8-9,12,14H,3-7,10-11,13H2,1-2H3,(H,20,22)/t14-/m1/s1. The van der Waals surface area contributed by atoms with Gasteiger partial charge in [-0.05, 0) is 37.5 Å². The summed E-state index contributed by atoms with van der Waals surface area (Å²) in [5.74, 6) is -1.06. The summed E-state index contributed by atoms with van der Waals surface area (Å²) >= 11 is 0. The van der Waals surface area contributed by atoms with E-state index in [1.54, 1.807) is 0 Å². The molecule has 1 aromatic rings. The van der Waals surface area contributed by atoms with E-state index in [0.29, 0.717) is 25.9 Å². The Morgan fingerprint density at radius 1 is 1.38 bits per heavy atom. The fraction of sp³-hybridized carbons (Fsp3) is 0.611. The van der Waals surface area contributed by atoms with Crippen LogP contribution in [0.2, 0.25) is 0 Å². The highest BCUT2D eigenvalue weighted by Gasteiger charge is 2.34. The molecule has 0 spiro atoms. The van der Waals surface area contributed by atoms with Crippen molar-refractivity contribution in [3.05, 3.63) is 24.0 Å². The quantitative estimate of drug-likeness (QED) is 0.697. The van der Waals surface area contributed by atoms with Crippen LogP contribution in [0.15, 0.2) is 23.1 Å². The number of unbranched alkanes of at least 4 members (excludes halogenated alkanes) is 2. The average molecular weight is 386 g/mol.